The zero-order valence-corrected chi connectivity index (χ0v) is 15.1. The number of aromatic nitrogens is 1. The summed E-state index contributed by atoms with van der Waals surface area (Å²) >= 11 is 0. The molecule has 2 N–H and O–H groups in total. The topological polar surface area (TPSA) is 80.3 Å². The fraction of sp³-hybridized carbons (Fsp3) is 0.136. The summed E-state index contributed by atoms with van der Waals surface area (Å²) in [4.78, 5) is 28.7. The lowest BCUT2D eigenvalue weighted by Crippen LogP contribution is -2.28. The summed E-state index contributed by atoms with van der Waals surface area (Å²) in [6.07, 6.45) is 1.83. The molecule has 6 heteroatoms. The number of ether oxygens (including phenoxy) is 1. The van der Waals surface area contributed by atoms with Gasteiger partial charge in [-0.3, -0.25) is 9.59 Å². The van der Waals surface area contributed by atoms with Gasteiger partial charge in [-0.2, -0.15) is 0 Å². The van der Waals surface area contributed by atoms with Crippen molar-refractivity contribution in [2.45, 2.75) is 19.0 Å². The molecule has 0 saturated heterocycles. The van der Waals surface area contributed by atoms with E-state index in [0.29, 0.717) is 17.2 Å². The quantitative estimate of drug-likeness (QED) is 0.694. The average Bonchev–Trinajstić information content (AvgIpc) is 3.04. The summed E-state index contributed by atoms with van der Waals surface area (Å²) in [6, 6.07) is 20.0. The Morgan fingerprint density at radius 2 is 1.82 bits per heavy atom. The predicted molar refractivity (Wildman–Crippen MR) is 104 cm³/mol. The van der Waals surface area contributed by atoms with Gasteiger partial charge >= 0.3 is 0 Å². The van der Waals surface area contributed by atoms with Gasteiger partial charge in [-0.15, -0.1) is 0 Å². The molecule has 4 rings (SSSR count). The van der Waals surface area contributed by atoms with Crippen LogP contribution in [0.25, 0.3) is 0 Å². The van der Waals surface area contributed by atoms with Crippen molar-refractivity contribution in [1.29, 1.82) is 0 Å². The minimum atomic E-state index is -0.308. The number of hydrogen-bond donors (Lipinski definition) is 2. The van der Waals surface area contributed by atoms with E-state index in [1.54, 1.807) is 18.3 Å². The molecule has 1 unspecified atom stereocenters. The first-order chi connectivity index (χ1) is 13.7. The highest BCUT2D eigenvalue weighted by atomic mass is 16.5. The van der Waals surface area contributed by atoms with Crippen molar-refractivity contribution in [3.05, 3.63) is 89.6 Å². The Morgan fingerprint density at radius 1 is 1.04 bits per heavy atom. The van der Waals surface area contributed by atoms with E-state index in [2.05, 4.69) is 15.6 Å². The van der Waals surface area contributed by atoms with Gasteiger partial charge < -0.3 is 15.4 Å². The number of rotatable bonds is 6. The Kier molecular flexibility index (Phi) is 5.01. The molecule has 0 bridgehead atoms. The normalized spacial score (nSPS) is 14.9. The zero-order chi connectivity index (χ0) is 19.3. The lowest BCUT2D eigenvalue weighted by molar-refractivity contribution is -0.121. The van der Waals surface area contributed by atoms with Crippen molar-refractivity contribution in [2.75, 3.05) is 0 Å². The van der Waals surface area contributed by atoms with Gasteiger partial charge in [0, 0.05) is 23.9 Å². The fourth-order valence-corrected chi connectivity index (χ4v) is 3.18. The molecular formula is C22H19N3O3. The van der Waals surface area contributed by atoms with Crippen LogP contribution in [-0.2, 0) is 11.3 Å². The molecule has 3 aromatic rings. The van der Waals surface area contributed by atoms with Crippen LogP contribution in [0.1, 0.15) is 33.9 Å². The Labute approximate surface area is 162 Å². The number of carbonyl (C=O) groups excluding carboxylic acids is 2. The van der Waals surface area contributed by atoms with Crippen molar-refractivity contribution in [2.24, 2.45) is 0 Å². The van der Waals surface area contributed by atoms with Gasteiger partial charge in [-0.25, -0.2) is 4.98 Å². The van der Waals surface area contributed by atoms with E-state index in [1.807, 2.05) is 54.6 Å². The lowest BCUT2D eigenvalue weighted by atomic mass is 10.0. The number of amides is 2. The number of carbonyl (C=O) groups is 2. The van der Waals surface area contributed by atoms with Gasteiger partial charge in [0.05, 0.1) is 12.5 Å². The van der Waals surface area contributed by atoms with Crippen LogP contribution >= 0.6 is 0 Å². The molecule has 0 aliphatic carbocycles. The molecule has 1 aromatic heterocycles. The van der Waals surface area contributed by atoms with E-state index in [-0.39, 0.29) is 30.8 Å². The highest BCUT2D eigenvalue weighted by Gasteiger charge is 2.29. The molecule has 1 aliphatic heterocycles. The summed E-state index contributed by atoms with van der Waals surface area (Å²) < 4.78 is 5.82. The smallest absolute Gasteiger partial charge is 0.252 e. The van der Waals surface area contributed by atoms with Gasteiger partial charge in [0.25, 0.3) is 5.91 Å². The minimum Gasteiger partial charge on any atom is -0.439 e. The van der Waals surface area contributed by atoms with Crippen molar-refractivity contribution >= 4 is 11.8 Å². The third-order valence-corrected chi connectivity index (χ3v) is 4.56. The number of fused-ring (bicyclic) bond motifs is 1. The van der Waals surface area contributed by atoms with Crippen LogP contribution in [0, 0.1) is 0 Å². The summed E-state index contributed by atoms with van der Waals surface area (Å²) in [5.41, 5.74) is 2.26. The van der Waals surface area contributed by atoms with Crippen molar-refractivity contribution < 1.29 is 14.3 Å². The second kappa shape index (κ2) is 7.92. The fourth-order valence-electron chi connectivity index (χ4n) is 3.18. The van der Waals surface area contributed by atoms with Crippen molar-refractivity contribution in [1.82, 2.24) is 15.6 Å². The molecule has 2 amide bonds. The van der Waals surface area contributed by atoms with Crippen LogP contribution in [0.3, 0.4) is 0 Å². The van der Waals surface area contributed by atoms with Gasteiger partial charge in [-0.1, -0.05) is 42.5 Å². The van der Waals surface area contributed by atoms with Crippen molar-refractivity contribution in [3.63, 3.8) is 0 Å². The van der Waals surface area contributed by atoms with E-state index in [1.165, 1.54) is 0 Å². The van der Waals surface area contributed by atoms with Gasteiger partial charge in [-0.05, 0) is 29.8 Å². The summed E-state index contributed by atoms with van der Waals surface area (Å²) in [7, 11) is 0. The maximum atomic E-state index is 12.4. The number of hydrogen-bond acceptors (Lipinski definition) is 4. The third kappa shape index (κ3) is 3.86. The van der Waals surface area contributed by atoms with Crippen LogP contribution in [0.15, 0.2) is 72.9 Å². The van der Waals surface area contributed by atoms with Crippen LogP contribution in [-0.4, -0.2) is 16.8 Å². The first-order valence-electron chi connectivity index (χ1n) is 9.04. The summed E-state index contributed by atoms with van der Waals surface area (Å²) in [6.45, 7) is 0.289. The Hall–Kier alpha value is -3.67. The average molecular weight is 373 g/mol. The second-order valence-corrected chi connectivity index (χ2v) is 6.48. The standard InChI is InChI=1S/C22H19N3O3/c26-20(13-19-17-10-4-5-11-18(17)21(27)25-19)24-14-15-7-6-12-23-22(15)28-16-8-2-1-3-9-16/h1-12,19H,13-14H2,(H,24,26)(H,25,27). The maximum absolute atomic E-state index is 12.4. The monoisotopic (exact) mass is 373 g/mol. The first-order valence-corrected chi connectivity index (χ1v) is 9.04. The number of nitrogens with zero attached hydrogens (tertiary/aromatic N) is 1. The molecule has 1 atom stereocenters. The Morgan fingerprint density at radius 3 is 2.68 bits per heavy atom. The largest absolute Gasteiger partial charge is 0.439 e. The molecule has 2 heterocycles. The first kappa shape index (κ1) is 17.7. The predicted octanol–water partition coefficient (Wildman–Crippen LogP) is 3.36. The highest BCUT2D eigenvalue weighted by Crippen LogP contribution is 2.27. The second-order valence-electron chi connectivity index (χ2n) is 6.48. The Bertz CT molecular complexity index is 1000. The molecule has 140 valence electrons. The number of nitrogens with one attached hydrogen (secondary N) is 2. The van der Waals surface area contributed by atoms with Gasteiger partial charge in [0.15, 0.2) is 0 Å². The van der Waals surface area contributed by atoms with Crippen molar-refractivity contribution in [3.8, 4) is 11.6 Å². The number of benzene rings is 2. The molecule has 0 spiro atoms. The van der Waals surface area contributed by atoms with Gasteiger partial charge in [0.2, 0.25) is 11.8 Å². The van der Waals surface area contributed by atoms with E-state index < -0.39 is 0 Å². The summed E-state index contributed by atoms with van der Waals surface area (Å²) in [5, 5.41) is 5.74. The van der Waals surface area contributed by atoms with E-state index >= 15 is 0 Å². The van der Waals surface area contributed by atoms with E-state index in [0.717, 1.165) is 11.1 Å². The van der Waals surface area contributed by atoms with Crippen LogP contribution < -0.4 is 15.4 Å². The Balaban J connectivity index is 1.39. The third-order valence-electron chi connectivity index (χ3n) is 4.56. The van der Waals surface area contributed by atoms with Crippen LogP contribution in [0.4, 0.5) is 0 Å². The molecule has 6 nitrogen and oxygen atoms in total. The molecule has 28 heavy (non-hydrogen) atoms. The molecule has 0 saturated carbocycles. The van der Waals surface area contributed by atoms with Crippen LogP contribution in [0.2, 0.25) is 0 Å². The lowest BCUT2D eigenvalue weighted by Gasteiger charge is -2.13. The zero-order valence-electron chi connectivity index (χ0n) is 15.1. The number of para-hydroxylation sites is 1. The van der Waals surface area contributed by atoms with Gasteiger partial charge in [0.1, 0.15) is 5.75 Å². The SMILES string of the molecule is O=C(CC1NC(=O)c2ccccc21)NCc1cccnc1Oc1ccccc1. The highest BCUT2D eigenvalue weighted by molar-refractivity contribution is 5.99. The molecule has 0 fully saturated rings. The van der Waals surface area contributed by atoms with E-state index in [9.17, 15) is 9.59 Å². The molecule has 0 radical (unpaired) electrons. The number of pyridine rings is 1. The summed E-state index contributed by atoms with van der Waals surface area (Å²) in [5.74, 6) is 0.836. The molecule has 2 aromatic carbocycles. The van der Waals surface area contributed by atoms with E-state index in [4.69, 9.17) is 4.74 Å². The minimum absolute atomic E-state index is 0.140. The molecule has 1 aliphatic rings. The molecular weight excluding hydrogens is 354 g/mol. The van der Waals surface area contributed by atoms with Crippen LogP contribution in [0.5, 0.6) is 11.6 Å². The maximum Gasteiger partial charge on any atom is 0.252 e.